The molecule has 1 unspecified atom stereocenters. The first-order chi connectivity index (χ1) is 11.5. The SMILES string of the molecule is CCc1nc(CN(C)C(C)c2nc3ccccc3n2C(F)F)cs1. The Morgan fingerprint density at radius 1 is 1.25 bits per heavy atom. The van der Waals surface area contributed by atoms with Crippen molar-refractivity contribution < 1.29 is 8.78 Å². The number of aryl methyl sites for hydroxylation is 1. The maximum Gasteiger partial charge on any atom is 0.320 e. The maximum absolute atomic E-state index is 13.6. The van der Waals surface area contributed by atoms with Gasteiger partial charge in [0.25, 0.3) is 0 Å². The molecule has 0 aliphatic rings. The lowest BCUT2D eigenvalue weighted by Crippen LogP contribution is -2.25. The molecule has 1 aromatic carbocycles. The predicted molar refractivity (Wildman–Crippen MR) is 92.4 cm³/mol. The molecule has 0 amide bonds. The number of hydrogen-bond donors (Lipinski definition) is 0. The number of fused-ring (bicyclic) bond motifs is 1. The van der Waals surface area contributed by atoms with E-state index in [0.717, 1.165) is 21.7 Å². The van der Waals surface area contributed by atoms with Gasteiger partial charge in [-0.05, 0) is 32.5 Å². The fraction of sp³-hybridized carbons (Fsp3) is 0.412. The molecule has 3 aromatic rings. The van der Waals surface area contributed by atoms with E-state index in [2.05, 4.69) is 16.9 Å². The van der Waals surface area contributed by atoms with Crippen LogP contribution in [0.15, 0.2) is 29.6 Å². The number of hydrogen-bond acceptors (Lipinski definition) is 4. The van der Waals surface area contributed by atoms with E-state index in [-0.39, 0.29) is 6.04 Å². The Balaban J connectivity index is 1.89. The van der Waals surface area contributed by atoms with E-state index in [0.29, 0.717) is 23.4 Å². The van der Waals surface area contributed by atoms with Gasteiger partial charge in [-0.15, -0.1) is 11.3 Å². The Bertz CT molecular complexity index is 827. The van der Waals surface area contributed by atoms with Crippen LogP contribution in [0.2, 0.25) is 0 Å². The van der Waals surface area contributed by atoms with Crippen LogP contribution in [-0.4, -0.2) is 26.5 Å². The zero-order chi connectivity index (χ0) is 17.3. The van der Waals surface area contributed by atoms with E-state index in [1.807, 2.05) is 30.3 Å². The number of rotatable bonds is 6. The summed E-state index contributed by atoms with van der Waals surface area (Å²) >= 11 is 1.63. The molecule has 4 nitrogen and oxygen atoms in total. The van der Waals surface area contributed by atoms with Gasteiger partial charge in [-0.3, -0.25) is 9.47 Å². The first-order valence-electron chi connectivity index (χ1n) is 7.89. The van der Waals surface area contributed by atoms with E-state index in [4.69, 9.17) is 0 Å². The number of thiazole rings is 1. The topological polar surface area (TPSA) is 34.0 Å². The van der Waals surface area contributed by atoms with Gasteiger partial charge < -0.3 is 0 Å². The van der Waals surface area contributed by atoms with Gasteiger partial charge in [0.2, 0.25) is 0 Å². The number of nitrogens with zero attached hydrogens (tertiary/aromatic N) is 4. The molecule has 2 aromatic heterocycles. The Kier molecular flexibility index (Phi) is 4.91. The van der Waals surface area contributed by atoms with Crippen LogP contribution >= 0.6 is 11.3 Å². The second-order valence-corrected chi connectivity index (χ2v) is 6.73. The van der Waals surface area contributed by atoms with Crippen molar-refractivity contribution in [1.29, 1.82) is 0 Å². The first kappa shape index (κ1) is 17.0. The minimum Gasteiger partial charge on any atom is -0.291 e. The number of halogens is 2. The molecule has 0 aliphatic carbocycles. The van der Waals surface area contributed by atoms with Crippen molar-refractivity contribution in [3.8, 4) is 0 Å². The third-order valence-corrected chi connectivity index (χ3v) is 5.21. The lowest BCUT2D eigenvalue weighted by molar-refractivity contribution is 0.0657. The highest BCUT2D eigenvalue weighted by Gasteiger charge is 2.24. The molecule has 0 saturated carbocycles. The van der Waals surface area contributed by atoms with E-state index in [1.54, 1.807) is 29.5 Å². The van der Waals surface area contributed by atoms with E-state index in [1.165, 1.54) is 0 Å². The van der Waals surface area contributed by atoms with Gasteiger partial charge in [0.15, 0.2) is 0 Å². The van der Waals surface area contributed by atoms with Crippen molar-refractivity contribution in [1.82, 2.24) is 19.4 Å². The van der Waals surface area contributed by atoms with Gasteiger partial charge in [0, 0.05) is 11.9 Å². The molecule has 0 saturated heterocycles. The molecule has 0 bridgehead atoms. The molecule has 1 atom stereocenters. The Morgan fingerprint density at radius 3 is 2.67 bits per heavy atom. The van der Waals surface area contributed by atoms with Crippen molar-refractivity contribution in [2.24, 2.45) is 0 Å². The number of imidazole rings is 1. The monoisotopic (exact) mass is 350 g/mol. The Morgan fingerprint density at radius 2 is 2.00 bits per heavy atom. The van der Waals surface area contributed by atoms with E-state index in [9.17, 15) is 8.78 Å². The van der Waals surface area contributed by atoms with Gasteiger partial charge in [0.05, 0.1) is 27.8 Å². The highest BCUT2D eigenvalue weighted by molar-refractivity contribution is 7.09. The summed E-state index contributed by atoms with van der Waals surface area (Å²) < 4.78 is 28.2. The number of benzene rings is 1. The van der Waals surface area contributed by atoms with Crippen molar-refractivity contribution in [3.05, 3.63) is 46.2 Å². The standard InChI is InChI=1S/C17H20F2N4S/c1-4-15-20-12(10-24-15)9-22(3)11(2)16-21-13-7-5-6-8-14(13)23(16)17(18)19/h5-8,10-11,17H,4,9H2,1-3H3. The average molecular weight is 350 g/mol. The molecule has 128 valence electrons. The summed E-state index contributed by atoms with van der Waals surface area (Å²) in [6.07, 6.45) is 0.908. The predicted octanol–water partition coefficient (Wildman–Crippen LogP) is 4.64. The third-order valence-electron chi connectivity index (χ3n) is 4.17. The lowest BCUT2D eigenvalue weighted by Gasteiger charge is -2.24. The number of alkyl halides is 2. The molecular weight excluding hydrogens is 330 g/mol. The van der Waals surface area contributed by atoms with E-state index >= 15 is 0 Å². The van der Waals surface area contributed by atoms with Crippen LogP contribution in [0.1, 0.15) is 43.0 Å². The molecule has 2 heterocycles. The minimum absolute atomic E-state index is 0.252. The number of aromatic nitrogens is 3. The normalized spacial score (nSPS) is 13.3. The second-order valence-electron chi connectivity index (χ2n) is 5.78. The van der Waals surface area contributed by atoms with Gasteiger partial charge in [-0.2, -0.15) is 8.78 Å². The van der Waals surface area contributed by atoms with Crippen LogP contribution in [0.25, 0.3) is 11.0 Å². The summed E-state index contributed by atoms with van der Waals surface area (Å²) in [4.78, 5) is 11.0. The molecule has 0 radical (unpaired) electrons. The maximum atomic E-state index is 13.6. The zero-order valence-corrected chi connectivity index (χ0v) is 14.7. The van der Waals surface area contributed by atoms with Crippen molar-refractivity contribution in [2.75, 3.05) is 7.05 Å². The van der Waals surface area contributed by atoms with Crippen LogP contribution < -0.4 is 0 Å². The molecule has 7 heteroatoms. The average Bonchev–Trinajstić information content (AvgIpc) is 3.17. The summed E-state index contributed by atoms with van der Waals surface area (Å²) in [6, 6.07) is 6.75. The van der Waals surface area contributed by atoms with Crippen molar-refractivity contribution >= 4 is 22.4 Å². The molecule has 0 N–H and O–H groups in total. The molecule has 0 spiro atoms. The van der Waals surface area contributed by atoms with Gasteiger partial charge >= 0.3 is 6.55 Å². The number of para-hydroxylation sites is 2. The fourth-order valence-electron chi connectivity index (χ4n) is 2.74. The quantitative estimate of drug-likeness (QED) is 0.649. The molecule has 0 fully saturated rings. The van der Waals surface area contributed by atoms with Gasteiger partial charge in [-0.25, -0.2) is 9.97 Å². The van der Waals surface area contributed by atoms with Crippen LogP contribution in [0.5, 0.6) is 0 Å². The van der Waals surface area contributed by atoms with Crippen molar-refractivity contribution in [2.45, 2.75) is 39.4 Å². The molecular formula is C17H20F2N4S. The summed E-state index contributed by atoms with van der Waals surface area (Å²) in [5.74, 6) is 0.375. The van der Waals surface area contributed by atoms with Crippen LogP contribution in [-0.2, 0) is 13.0 Å². The van der Waals surface area contributed by atoms with Crippen LogP contribution in [0.4, 0.5) is 8.78 Å². The fourth-order valence-corrected chi connectivity index (χ4v) is 3.47. The Labute approximate surface area is 143 Å². The highest BCUT2D eigenvalue weighted by atomic mass is 32.1. The van der Waals surface area contributed by atoms with Crippen molar-refractivity contribution in [3.63, 3.8) is 0 Å². The van der Waals surface area contributed by atoms with Gasteiger partial charge in [0.1, 0.15) is 5.82 Å². The lowest BCUT2D eigenvalue weighted by atomic mass is 10.2. The Hall–Kier alpha value is -1.86. The summed E-state index contributed by atoms with van der Waals surface area (Å²) in [5, 5.41) is 3.11. The first-order valence-corrected chi connectivity index (χ1v) is 8.77. The minimum atomic E-state index is -2.62. The zero-order valence-electron chi connectivity index (χ0n) is 13.9. The summed E-state index contributed by atoms with van der Waals surface area (Å²) in [6.45, 7) is 1.95. The highest BCUT2D eigenvalue weighted by Crippen LogP contribution is 2.29. The largest absolute Gasteiger partial charge is 0.320 e. The van der Waals surface area contributed by atoms with Crippen LogP contribution in [0.3, 0.4) is 0 Å². The summed E-state index contributed by atoms with van der Waals surface area (Å²) in [7, 11) is 1.91. The third kappa shape index (κ3) is 3.18. The van der Waals surface area contributed by atoms with Crippen LogP contribution in [0, 0.1) is 0 Å². The second kappa shape index (κ2) is 6.94. The molecule has 0 aliphatic heterocycles. The van der Waals surface area contributed by atoms with E-state index < -0.39 is 6.55 Å². The smallest absolute Gasteiger partial charge is 0.291 e. The van der Waals surface area contributed by atoms with Gasteiger partial charge in [-0.1, -0.05) is 19.1 Å². The molecule has 24 heavy (non-hydrogen) atoms. The molecule has 3 rings (SSSR count). The summed E-state index contributed by atoms with van der Waals surface area (Å²) in [5.41, 5.74) is 2.02.